The van der Waals surface area contributed by atoms with Crippen LogP contribution in [0.5, 0.6) is 0 Å². The minimum Gasteiger partial charge on any atom is -0.462 e. The minimum atomic E-state index is 0.619. The number of furan rings is 1. The second kappa shape index (κ2) is 4.41. The van der Waals surface area contributed by atoms with Crippen molar-refractivity contribution in [2.75, 3.05) is 25.0 Å². The lowest BCUT2D eigenvalue weighted by Gasteiger charge is -2.21. The van der Waals surface area contributed by atoms with E-state index in [1.807, 2.05) is 18.4 Å². The summed E-state index contributed by atoms with van der Waals surface area (Å²) in [6, 6.07) is 8.82. The molecule has 3 heteroatoms. The van der Waals surface area contributed by atoms with E-state index >= 15 is 0 Å². The Kier molecular flexibility index (Phi) is 2.77. The second-order valence-electron chi connectivity index (χ2n) is 4.79. The highest BCUT2D eigenvalue weighted by Gasteiger charge is 2.18. The summed E-state index contributed by atoms with van der Waals surface area (Å²) in [6.07, 6.45) is 4.43. The Hall–Kier alpha value is -1.48. The fourth-order valence-corrected chi connectivity index (χ4v) is 2.60. The molecule has 3 nitrogen and oxygen atoms in total. The molecule has 1 aliphatic heterocycles. The number of anilines is 1. The molecule has 0 amide bonds. The van der Waals surface area contributed by atoms with Crippen molar-refractivity contribution in [3.63, 3.8) is 0 Å². The summed E-state index contributed by atoms with van der Waals surface area (Å²) in [5, 5.41) is 4.73. The summed E-state index contributed by atoms with van der Waals surface area (Å²) in [4.78, 5) is 2.29. The predicted molar refractivity (Wildman–Crippen MR) is 70.5 cm³/mol. The molecule has 17 heavy (non-hydrogen) atoms. The molecule has 1 aromatic heterocycles. The molecule has 0 radical (unpaired) electrons. The van der Waals surface area contributed by atoms with Crippen LogP contribution in [0.25, 0.3) is 11.0 Å². The second-order valence-corrected chi connectivity index (χ2v) is 4.79. The number of likely N-dealkylation sites (N-methyl/N-ethyl adjacent to an activating group) is 1. The lowest BCUT2D eigenvalue weighted by atomic mass is 10.2. The molecule has 1 N–H and O–H groups in total. The maximum atomic E-state index is 5.57. The van der Waals surface area contributed by atoms with Gasteiger partial charge in [-0.3, -0.25) is 0 Å². The molecule has 1 atom stereocenters. The summed E-state index contributed by atoms with van der Waals surface area (Å²) >= 11 is 0. The predicted octanol–water partition coefficient (Wildman–Crippen LogP) is 2.62. The largest absolute Gasteiger partial charge is 0.462 e. The Morgan fingerprint density at radius 2 is 2.29 bits per heavy atom. The van der Waals surface area contributed by atoms with Gasteiger partial charge in [0.2, 0.25) is 0 Å². The first-order valence-electron chi connectivity index (χ1n) is 6.25. The van der Waals surface area contributed by atoms with Gasteiger partial charge in [0.15, 0.2) is 0 Å². The van der Waals surface area contributed by atoms with E-state index in [0.717, 1.165) is 18.7 Å². The van der Waals surface area contributed by atoms with E-state index in [0.29, 0.717) is 6.04 Å². The fraction of sp³-hybridized carbons (Fsp3) is 0.429. The highest BCUT2D eigenvalue weighted by atomic mass is 16.3. The number of benzene rings is 1. The van der Waals surface area contributed by atoms with Crippen LogP contribution in [0.15, 0.2) is 34.9 Å². The Labute approximate surface area is 101 Å². The van der Waals surface area contributed by atoms with Gasteiger partial charge in [-0.25, -0.2) is 0 Å². The molecule has 2 aromatic rings. The standard InChI is InChI=1S/C14H18N2O/c1-16(9-11-5-4-8-15-11)13-10-17-14-7-3-2-6-12(13)14/h2-3,6-7,10-11,15H,4-5,8-9H2,1H3. The SMILES string of the molecule is CN(CC1CCCN1)c1coc2ccccc12. The molecule has 1 aromatic carbocycles. The molecule has 0 aliphatic carbocycles. The number of hydrogen-bond donors (Lipinski definition) is 1. The Bertz CT molecular complexity index is 500. The molecule has 0 bridgehead atoms. The number of hydrogen-bond acceptors (Lipinski definition) is 3. The lowest BCUT2D eigenvalue weighted by Crippen LogP contribution is -2.35. The third kappa shape index (κ3) is 2.03. The van der Waals surface area contributed by atoms with Gasteiger partial charge in [0.25, 0.3) is 0 Å². The maximum absolute atomic E-state index is 5.57. The van der Waals surface area contributed by atoms with Gasteiger partial charge in [0.1, 0.15) is 11.8 Å². The molecule has 1 fully saturated rings. The first-order chi connectivity index (χ1) is 8.34. The minimum absolute atomic E-state index is 0.619. The van der Waals surface area contributed by atoms with Crippen molar-refractivity contribution in [1.29, 1.82) is 0 Å². The zero-order chi connectivity index (χ0) is 11.7. The normalized spacial score (nSPS) is 19.9. The molecular weight excluding hydrogens is 212 g/mol. The van der Waals surface area contributed by atoms with Crippen LogP contribution in [0.2, 0.25) is 0 Å². The van der Waals surface area contributed by atoms with Gasteiger partial charge in [-0.15, -0.1) is 0 Å². The van der Waals surface area contributed by atoms with E-state index in [1.165, 1.54) is 23.9 Å². The van der Waals surface area contributed by atoms with Crippen LogP contribution >= 0.6 is 0 Å². The van der Waals surface area contributed by atoms with Crippen molar-refractivity contribution in [1.82, 2.24) is 5.32 Å². The van der Waals surface area contributed by atoms with E-state index in [1.54, 1.807) is 0 Å². The molecule has 0 saturated carbocycles. The average Bonchev–Trinajstić information content (AvgIpc) is 2.96. The van der Waals surface area contributed by atoms with Crippen molar-refractivity contribution in [3.05, 3.63) is 30.5 Å². The number of para-hydroxylation sites is 1. The summed E-state index contributed by atoms with van der Waals surface area (Å²) in [5.74, 6) is 0. The molecule has 1 unspecified atom stereocenters. The third-order valence-corrected chi connectivity index (χ3v) is 3.53. The quantitative estimate of drug-likeness (QED) is 0.878. The molecule has 1 saturated heterocycles. The number of rotatable bonds is 3. The van der Waals surface area contributed by atoms with Gasteiger partial charge < -0.3 is 14.6 Å². The molecule has 90 valence electrons. The van der Waals surface area contributed by atoms with Crippen LogP contribution in [0.4, 0.5) is 5.69 Å². The molecular formula is C14H18N2O. The van der Waals surface area contributed by atoms with Crippen LogP contribution < -0.4 is 10.2 Å². The number of nitrogens with zero attached hydrogens (tertiary/aromatic N) is 1. The Balaban J connectivity index is 1.82. The number of nitrogens with one attached hydrogen (secondary N) is 1. The zero-order valence-corrected chi connectivity index (χ0v) is 10.1. The first-order valence-corrected chi connectivity index (χ1v) is 6.25. The Morgan fingerprint density at radius 1 is 1.41 bits per heavy atom. The van der Waals surface area contributed by atoms with Crippen molar-refractivity contribution in [2.45, 2.75) is 18.9 Å². The van der Waals surface area contributed by atoms with Crippen LogP contribution in [0.1, 0.15) is 12.8 Å². The summed E-state index contributed by atoms with van der Waals surface area (Å²) in [6.45, 7) is 2.20. The van der Waals surface area contributed by atoms with E-state index in [9.17, 15) is 0 Å². The maximum Gasteiger partial charge on any atom is 0.136 e. The van der Waals surface area contributed by atoms with Crippen molar-refractivity contribution < 1.29 is 4.42 Å². The van der Waals surface area contributed by atoms with Crippen molar-refractivity contribution >= 4 is 16.7 Å². The highest BCUT2D eigenvalue weighted by molar-refractivity contribution is 5.90. The van der Waals surface area contributed by atoms with Crippen molar-refractivity contribution in [3.8, 4) is 0 Å². The van der Waals surface area contributed by atoms with Gasteiger partial charge in [-0.2, -0.15) is 0 Å². The molecule has 2 heterocycles. The van der Waals surface area contributed by atoms with E-state index in [2.05, 4.69) is 29.4 Å². The lowest BCUT2D eigenvalue weighted by molar-refractivity contribution is 0.590. The number of fused-ring (bicyclic) bond motifs is 1. The first kappa shape index (κ1) is 10.7. The van der Waals surface area contributed by atoms with Crippen LogP contribution in [-0.4, -0.2) is 26.2 Å². The van der Waals surface area contributed by atoms with Crippen molar-refractivity contribution in [2.24, 2.45) is 0 Å². The highest BCUT2D eigenvalue weighted by Crippen LogP contribution is 2.28. The summed E-state index contributed by atoms with van der Waals surface area (Å²) < 4.78 is 5.57. The van der Waals surface area contributed by atoms with E-state index in [4.69, 9.17) is 4.42 Å². The van der Waals surface area contributed by atoms with Crippen LogP contribution in [0, 0.1) is 0 Å². The van der Waals surface area contributed by atoms with E-state index in [-0.39, 0.29) is 0 Å². The molecule has 3 rings (SSSR count). The van der Waals surface area contributed by atoms with E-state index < -0.39 is 0 Å². The monoisotopic (exact) mass is 230 g/mol. The fourth-order valence-electron chi connectivity index (χ4n) is 2.60. The molecule has 1 aliphatic rings. The van der Waals surface area contributed by atoms with Gasteiger partial charge in [-0.05, 0) is 31.5 Å². The smallest absolute Gasteiger partial charge is 0.136 e. The van der Waals surface area contributed by atoms with Crippen LogP contribution in [0.3, 0.4) is 0 Å². The summed E-state index contributed by atoms with van der Waals surface area (Å²) in [7, 11) is 2.14. The topological polar surface area (TPSA) is 28.4 Å². The van der Waals surface area contributed by atoms with Gasteiger partial charge in [0.05, 0.1) is 5.69 Å². The third-order valence-electron chi connectivity index (χ3n) is 3.53. The molecule has 0 spiro atoms. The zero-order valence-electron chi connectivity index (χ0n) is 10.1. The van der Waals surface area contributed by atoms with Gasteiger partial charge in [0, 0.05) is 25.0 Å². The average molecular weight is 230 g/mol. The Morgan fingerprint density at radius 3 is 3.12 bits per heavy atom. The van der Waals surface area contributed by atoms with Gasteiger partial charge in [-0.1, -0.05) is 12.1 Å². The van der Waals surface area contributed by atoms with Crippen LogP contribution in [-0.2, 0) is 0 Å². The summed E-state index contributed by atoms with van der Waals surface area (Å²) in [5.41, 5.74) is 2.16. The van der Waals surface area contributed by atoms with Gasteiger partial charge >= 0.3 is 0 Å².